The van der Waals surface area contributed by atoms with Crippen LogP contribution in [0.15, 0.2) is 45.7 Å². The van der Waals surface area contributed by atoms with E-state index in [1.54, 1.807) is 30.3 Å². The summed E-state index contributed by atoms with van der Waals surface area (Å²) < 4.78 is 32.5. The van der Waals surface area contributed by atoms with Gasteiger partial charge < -0.3 is 9.73 Å². The first-order valence-corrected chi connectivity index (χ1v) is 11.1. The minimum absolute atomic E-state index is 0.239. The number of rotatable bonds is 9. The molecule has 0 spiro atoms. The molecule has 0 saturated carbocycles. The van der Waals surface area contributed by atoms with Crippen LogP contribution in [0.4, 0.5) is 0 Å². The molecule has 2 heterocycles. The van der Waals surface area contributed by atoms with Crippen molar-refractivity contribution in [3.8, 4) is 0 Å². The van der Waals surface area contributed by atoms with Crippen molar-refractivity contribution >= 4 is 15.9 Å². The molecule has 7 nitrogen and oxygen atoms in total. The van der Waals surface area contributed by atoms with E-state index in [1.165, 1.54) is 12.8 Å². The van der Waals surface area contributed by atoms with E-state index < -0.39 is 10.0 Å². The summed E-state index contributed by atoms with van der Waals surface area (Å²) in [7, 11) is -3.52. The van der Waals surface area contributed by atoms with Gasteiger partial charge in [-0.2, -0.15) is 0 Å². The lowest BCUT2D eigenvalue weighted by Crippen LogP contribution is -2.29. The van der Waals surface area contributed by atoms with E-state index in [4.69, 9.17) is 4.42 Å². The van der Waals surface area contributed by atoms with E-state index in [1.807, 2.05) is 13.0 Å². The van der Waals surface area contributed by atoms with Crippen LogP contribution in [0, 0.1) is 6.92 Å². The maximum atomic E-state index is 12.2. The van der Waals surface area contributed by atoms with Crippen molar-refractivity contribution in [1.29, 1.82) is 0 Å². The van der Waals surface area contributed by atoms with Crippen LogP contribution in [0.2, 0.25) is 0 Å². The fourth-order valence-electron chi connectivity index (χ4n) is 3.13. The molecule has 8 heteroatoms. The molecule has 3 rings (SSSR count). The van der Waals surface area contributed by atoms with Crippen molar-refractivity contribution in [2.75, 3.05) is 26.2 Å². The second kappa shape index (κ2) is 9.36. The molecule has 0 unspecified atom stereocenters. The molecule has 1 saturated heterocycles. The lowest BCUT2D eigenvalue weighted by atomic mass is 10.2. The van der Waals surface area contributed by atoms with Gasteiger partial charge >= 0.3 is 0 Å². The fourth-order valence-corrected chi connectivity index (χ4v) is 4.20. The Bertz CT molecular complexity index is 884. The standard InChI is InChI=1S/C20H27N3O4S/c1-16-5-8-18(9-6-16)28(25,26)22-12-4-11-21-20(24)19-10-7-17(27-19)15-23-13-2-3-14-23/h5-10,22H,2-4,11-15H2,1H3,(H,21,24). The molecular weight excluding hydrogens is 378 g/mol. The van der Waals surface area contributed by atoms with E-state index >= 15 is 0 Å². The average Bonchev–Trinajstić information content (AvgIpc) is 3.34. The predicted molar refractivity (Wildman–Crippen MR) is 107 cm³/mol. The number of amides is 1. The monoisotopic (exact) mass is 405 g/mol. The highest BCUT2D eigenvalue weighted by molar-refractivity contribution is 7.89. The fraction of sp³-hybridized carbons (Fsp3) is 0.450. The highest BCUT2D eigenvalue weighted by Gasteiger charge is 2.16. The number of aryl methyl sites for hydroxylation is 1. The van der Waals surface area contributed by atoms with Gasteiger partial charge in [-0.3, -0.25) is 9.69 Å². The highest BCUT2D eigenvalue weighted by Crippen LogP contribution is 2.15. The van der Waals surface area contributed by atoms with Crippen molar-refractivity contribution in [3.05, 3.63) is 53.5 Å². The summed E-state index contributed by atoms with van der Waals surface area (Å²) in [6, 6.07) is 10.2. The lowest BCUT2D eigenvalue weighted by molar-refractivity contribution is 0.0922. The lowest BCUT2D eigenvalue weighted by Gasteiger charge is -2.11. The number of hydrogen-bond acceptors (Lipinski definition) is 5. The molecule has 1 aromatic heterocycles. The summed E-state index contributed by atoms with van der Waals surface area (Å²) in [6.45, 7) is 5.38. The number of carbonyl (C=O) groups is 1. The van der Waals surface area contributed by atoms with E-state index in [9.17, 15) is 13.2 Å². The number of likely N-dealkylation sites (tertiary alicyclic amines) is 1. The Morgan fingerprint density at radius 1 is 1.07 bits per heavy atom. The number of hydrogen-bond donors (Lipinski definition) is 2. The Balaban J connectivity index is 1.38. The topological polar surface area (TPSA) is 91.7 Å². The second-order valence-electron chi connectivity index (χ2n) is 7.07. The van der Waals surface area contributed by atoms with Gasteiger partial charge in [-0.1, -0.05) is 17.7 Å². The molecule has 1 aliphatic rings. The average molecular weight is 406 g/mol. The van der Waals surface area contributed by atoms with Gasteiger partial charge in [0.15, 0.2) is 5.76 Å². The zero-order valence-electron chi connectivity index (χ0n) is 16.1. The molecule has 0 aliphatic carbocycles. The van der Waals surface area contributed by atoms with Gasteiger partial charge in [-0.15, -0.1) is 0 Å². The van der Waals surface area contributed by atoms with Crippen LogP contribution < -0.4 is 10.0 Å². The Morgan fingerprint density at radius 3 is 2.50 bits per heavy atom. The molecule has 1 aromatic carbocycles. The summed E-state index contributed by atoms with van der Waals surface area (Å²) in [5.41, 5.74) is 1.00. The Morgan fingerprint density at radius 2 is 1.79 bits per heavy atom. The molecule has 1 amide bonds. The van der Waals surface area contributed by atoms with Crippen LogP contribution >= 0.6 is 0 Å². The summed E-state index contributed by atoms with van der Waals surface area (Å²) >= 11 is 0. The molecule has 1 fully saturated rings. The maximum absolute atomic E-state index is 12.2. The number of carbonyl (C=O) groups excluding carboxylic acids is 1. The molecule has 0 atom stereocenters. The number of furan rings is 1. The van der Waals surface area contributed by atoms with Gasteiger partial charge in [-0.25, -0.2) is 13.1 Å². The maximum Gasteiger partial charge on any atom is 0.286 e. The summed E-state index contributed by atoms with van der Waals surface area (Å²) in [5.74, 6) is 0.793. The van der Waals surface area contributed by atoms with E-state index in [2.05, 4.69) is 14.9 Å². The summed E-state index contributed by atoms with van der Waals surface area (Å²) in [6.07, 6.45) is 2.90. The molecule has 0 bridgehead atoms. The molecule has 2 N–H and O–H groups in total. The van der Waals surface area contributed by atoms with Gasteiger partial charge in [0.1, 0.15) is 5.76 Å². The number of sulfonamides is 1. The minimum Gasteiger partial charge on any atom is -0.455 e. The largest absolute Gasteiger partial charge is 0.455 e. The van der Waals surface area contributed by atoms with Crippen molar-refractivity contribution in [2.24, 2.45) is 0 Å². The molecule has 28 heavy (non-hydrogen) atoms. The highest BCUT2D eigenvalue weighted by atomic mass is 32.2. The van der Waals surface area contributed by atoms with E-state index in [-0.39, 0.29) is 23.1 Å². The third-order valence-electron chi connectivity index (χ3n) is 4.73. The first kappa shape index (κ1) is 20.6. The molecule has 0 radical (unpaired) electrons. The Labute approximate surface area is 166 Å². The third kappa shape index (κ3) is 5.67. The second-order valence-corrected chi connectivity index (χ2v) is 8.84. The van der Waals surface area contributed by atoms with Crippen molar-refractivity contribution in [1.82, 2.24) is 14.9 Å². The number of benzene rings is 1. The molecule has 1 aliphatic heterocycles. The summed E-state index contributed by atoms with van der Waals surface area (Å²) in [5, 5.41) is 2.76. The van der Waals surface area contributed by atoms with Crippen LogP contribution in [0.25, 0.3) is 0 Å². The zero-order chi connectivity index (χ0) is 20.0. The van der Waals surface area contributed by atoms with Crippen molar-refractivity contribution < 1.29 is 17.6 Å². The minimum atomic E-state index is -3.52. The zero-order valence-corrected chi connectivity index (χ0v) is 16.9. The smallest absolute Gasteiger partial charge is 0.286 e. The van der Waals surface area contributed by atoms with Crippen molar-refractivity contribution in [3.63, 3.8) is 0 Å². The van der Waals surface area contributed by atoms with Gasteiger partial charge in [0, 0.05) is 13.1 Å². The number of nitrogens with one attached hydrogen (secondary N) is 2. The normalized spacial score (nSPS) is 15.0. The quantitative estimate of drug-likeness (QED) is 0.625. The SMILES string of the molecule is Cc1ccc(S(=O)(=O)NCCCNC(=O)c2ccc(CN3CCCC3)o2)cc1. The van der Waals surface area contributed by atoms with E-state index in [0.29, 0.717) is 13.0 Å². The predicted octanol–water partition coefficient (Wildman–Crippen LogP) is 2.28. The van der Waals surface area contributed by atoms with Crippen LogP contribution in [-0.4, -0.2) is 45.4 Å². The first-order chi connectivity index (χ1) is 13.4. The van der Waals surface area contributed by atoms with Crippen LogP contribution in [0.3, 0.4) is 0 Å². The number of nitrogens with zero attached hydrogens (tertiary/aromatic N) is 1. The van der Waals surface area contributed by atoms with Gasteiger partial charge in [0.2, 0.25) is 10.0 Å². The van der Waals surface area contributed by atoms with Crippen LogP contribution in [0.1, 0.15) is 41.1 Å². The Kier molecular flexibility index (Phi) is 6.88. The molecule has 2 aromatic rings. The van der Waals surface area contributed by atoms with Gasteiger partial charge in [0.05, 0.1) is 11.4 Å². The van der Waals surface area contributed by atoms with E-state index in [0.717, 1.165) is 31.0 Å². The molecule has 152 valence electrons. The van der Waals surface area contributed by atoms with Gasteiger partial charge in [-0.05, 0) is 63.5 Å². The van der Waals surface area contributed by atoms with Crippen LogP contribution in [0.5, 0.6) is 0 Å². The van der Waals surface area contributed by atoms with Crippen LogP contribution in [-0.2, 0) is 16.6 Å². The Hall–Kier alpha value is -2.16. The van der Waals surface area contributed by atoms with Gasteiger partial charge in [0.25, 0.3) is 5.91 Å². The molecular formula is C20H27N3O4S. The van der Waals surface area contributed by atoms with Crippen molar-refractivity contribution in [2.45, 2.75) is 37.6 Å². The third-order valence-corrected chi connectivity index (χ3v) is 6.20. The summed E-state index contributed by atoms with van der Waals surface area (Å²) in [4.78, 5) is 14.7. The first-order valence-electron chi connectivity index (χ1n) is 9.60.